The molecule has 0 aromatic carbocycles. The van der Waals surface area contributed by atoms with E-state index >= 15 is 0 Å². The van der Waals surface area contributed by atoms with Crippen LogP contribution in [0.2, 0.25) is 13.1 Å². The first-order chi connectivity index (χ1) is 4.12. The first kappa shape index (κ1) is 9.49. The lowest BCUT2D eigenvalue weighted by atomic mass is 11.9. The molecule has 0 aromatic rings. The molecule has 0 atom stereocenters. The van der Waals surface area contributed by atoms with Crippen LogP contribution in [-0.4, -0.2) is 38.2 Å². The van der Waals surface area contributed by atoms with Gasteiger partial charge < -0.3 is 17.8 Å². The van der Waals surface area contributed by atoms with Gasteiger partial charge in [-0.25, -0.2) is 0 Å². The van der Waals surface area contributed by atoms with Gasteiger partial charge in [0.05, 0.1) is 0 Å². The lowest BCUT2D eigenvalue weighted by molar-refractivity contribution is 0.347. The number of hydrogen-bond donors (Lipinski definition) is 2. The summed E-state index contributed by atoms with van der Waals surface area (Å²) in [6.45, 7) is 3.61. The van der Waals surface area contributed by atoms with E-state index in [2.05, 4.69) is 0 Å². The van der Waals surface area contributed by atoms with Gasteiger partial charge in [0.25, 0.3) is 20.0 Å². The average molecular weight is 184 g/mol. The Labute approximate surface area is 60.2 Å². The summed E-state index contributed by atoms with van der Waals surface area (Å²) in [5, 5.41) is 0. The molecule has 0 aliphatic heterocycles. The Bertz CT molecular complexity index is 68.2. The van der Waals surface area contributed by atoms with Gasteiger partial charge in [-0.3, -0.25) is 0 Å². The lowest BCUT2D eigenvalue weighted by Gasteiger charge is -2.20. The largest absolute Gasteiger partial charge is 0.420 e. The van der Waals surface area contributed by atoms with Gasteiger partial charge in [-0.2, -0.15) is 0 Å². The highest BCUT2D eigenvalue weighted by Gasteiger charge is 2.22. The van der Waals surface area contributed by atoms with Crippen LogP contribution >= 0.6 is 0 Å². The molecule has 0 amide bonds. The Morgan fingerprint density at radius 3 is 1.67 bits per heavy atom. The van der Waals surface area contributed by atoms with Gasteiger partial charge in [0.2, 0.25) is 0 Å². The van der Waals surface area contributed by atoms with Crippen molar-refractivity contribution in [2.45, 2.75) is 13.1 Å². The molecule has 2 N–H and O–H groups in total. The lowest BCUT2D eigenvalue weighted by Crippen LogP contribution is -2.37. The fourth-order valence-corrected chi connectivity index (χ4v) is 3.92. The maximum absolute atomic E-state index is 8.43. The molecule has 0 radical (unpaired) electrons. The summed E-state index contributed by atoms with van der Waals surface area (Å²) in [5.74, 6) is 0. The van der Waals surface area contributed by atoms with Gasteiger partial charge in [0, 0.05) is 0 Å². The summed E-state index contributed by atoms with van der Waals surface area (Å²) in [4.78, 5) is 16.9. The van der Waals surface area contributed by atoms with Gasteiger partial charge in [-0.15, -0.1) is 0 Å². The second-order valence-electron chi connectivity index (χ2n) is 1.95. The van der Waals surface area contributed by atoms with Crippen molar-refractivity contribution in [3.05, 3.63) is 0 Å². The Kier molecular flexibility index (Phi) is 4.56. The van der Waals surface area contributed by atoms with E-state index in [4.69, 9.17) is 17.8 Å². The fraction of sp³-hybridized carbons (Fsp3) is 1.00. The molecule has 0 aliphatic rings. The third-order valence-electron chi connectivity index (χ3n) is 0.824. The van der Waals surface area contributed by atoms with Gasteiger partial charge in [0.1, 0.15) is 0 Å². The predicted octanol–water partition coefficient (Wildman–Crippen LogP) is -2.30. The highest BCUT2D eigenvalue weighted by molar-refractivity contribution is 6.71. The van der Waals surface area contributed by atoms with Crippen molar-refractivity contribution in [2.75, 3.05) is 0 Å². The van der Waals surface area contributed by atoms with Crippen molar-refractivity contribution in [2.24, 2.45) is 0 Å². The van der Waals surface area contributed by atoms with E-state index in [0.29, 0.717) is 0 Å². The summed E-state index contributed by atoms with van der Waals surface area (Å²) < 4.78 is 9.91. The molecule has 0 rings (SSSR count). The van der Waals surface area contributed by atoms with Crippen molar-refractivity contribution in [3.63, 3.8) is 0 Å². The normalized spacial score (nSPS) is 14.7. The first-order valence-corrected chi connectivity index (χ1v) is 7.85. The summed E-state index contributed by atoms with van der Waals surface area (Å²) in [7, 11) is -4.81. The second-order valence-corrected chi connectivity index (χ2v) is 7.57. The van der Waals surface area contributed by atoms with E-state index in [-0.39, 0.29) is 0 Å². The monoisotopic (exact) mass is 184 g/mol. The maximum Gasteiger partial charge on any atom is 0.313 e. The Morgan fingerprint density at radius 2 is 1.44 bits per heavy atom. The van der Waals surface area contributed by atoms with Crippen LogP contribution in [0, 0.1) is 0 Å². The number of rotatable bonds is 4. The molecular weight excluding hydrogens is 172 g/mol. The minimum absolute atomic E-state index is 1.36. The zero-order chi connectivity index (χ0) is 7.33. The minimum atomic E-state index is -2.08. The molecule has 4 nitrogen and oxygen atoms in total. The molecule has 0 fully saturated rings. The third kappa shape index (κ3) is 4.96. The molecule has 7 heteroatoms. The molecular formula is C2H12O4Si3. The van der Waals surface area contributed by atoms with E-state index in [0.717, 1.165) is 0 Å². The molecule has 0 spiro atoms. The Morgan fingerprint density at radius 1 is 1.11 bits per heavy atom. The molecule has 56 valence electrons. The van der Waals surface area contributed by atoms with E-state index in [1.54, 1.807) is 13.1 Å². The van der Waals surface area contributed by atoms with Crippen molar-refractivity contribution < 1.29 is 17.8 Å². The van der Waals surface area contributed by atoms with Crippen molar-refractivity contribution in [3.8, 4) is 0 Å². The number of hydrogen-bond acceptors (Lipinski definition) is 4. The van der Waals surface area contributed by atoms with E-state index in [1.807, 2.05) is 0 Å². The van der Waals surface area contributed by atoms with Crippen molar-refractivity contribution in [1.29, 1.82) is 0 Å². The molecule has 0 saturated heterocycles. The average Bonchev–Trinajstić information content (AvgIpc) is 1.64. The van der Waals surface area contributed by atoms with Gasteiger partial charge in [-0.05, 0) is 13.1 Å². The zero-order valence-corrected chi connectivity index (χ0v) is 9.45. The van der Waals surface area contributed by atoms with E-state index < -0.39 is 28.6 Å². The van der Waals surface area contributed by atoms with Crippen LogP contribution in [0.1, 0.15) is 0 Å². The molecule has 0 aromatic heterocycles. The van der Waals surface area contributed by atoms with Gasteiger partial charge >= 0.3 is 8.56 Å². The molecule has 0 unspecified atom stereocenters. The first-order valence-electron chi connectivity index (χ1n) is 2.62. The SMILES string of the molecule is C[Si](C)(O[SiH2]O)O[SiH2]O. The smallest absolute Gasteiger partial charge is 0.313 e. The summed E-state index contributed by atoms with van der Waals surface area (Å²) in [5.41, 5.74) is 0. The van der Waals surface area contributed by atoms with Crippen molar-refractivity contribution >= 4 is 28.6 Å². The van der Waals surface area contributed by atoms with Gasteiger partial charge in [0.15, 0.2) is 0 Å². The van der Waals surface area contributed by atoms with Crippen LogP contribution in [0.5, 0.6) is 0 Å². The molecule has 0 heterocycles. The molecule has 9 heavy (non-hydrogen) atoms. The standard InChI is InChI=1S/C2H12O4Si3/c1-9(2,5-7-3)6-8-4/h3-4H,7-8H2,1-2H3. The fourth-order valence-electron chi connectivity index (χ4n) is 0.353. The van der Waals surface area contributed by atoms with Crippen LogP contribution in [0.15, 0.2) is 0 Å². The predicted molar refractivity (Wildman–Crippen MR) is 41.2 cm³/mol. The van der Waals surface area contributed by atoms with E-state index in [9.17, 15) is 0 Å². The Hall–Kier alpha value is 0.491. The highest BCUT2D eigenvalue weighted by Crippen LogP contribution is 2.01. The van der Waals surface area contributed by atoms with E-state index in [1.165, 1.54) is 0 Å². The molecule has 0 saturated carbocycles. The quantitative estimate of drug-likeness (QED) is 0.483. The van der Waals surface area contributed by atoms with Crippen LogP contribution in [-0.2, 0) is 8.23 Å². The Balaban J connectivity index is 3.43. The summed E-state index contributed by atoms with van der Waals surface area (Å²) in [6, 6.07) is 0. The van der Waals surface area contributed by atoms with Gasteiger partial charge in [-0.1, -0.05) is 0 Å². The molecule has 0 bridgehead atoms. The third-order valence-corrected chi connectivity index (χ3v) is 7.42. The summed E-state index contributed by atoms with van der Waals surface area (Å²) >= 11 is 0. The maximum atomic E-state index is 8.43. The molecule has 0 aliphatic carbocycles. The van der Waals surface area contributed by atoms with Crippen LogP contribution < -0.4 is 0 Å². The van der Waals surface area contributed by atoms with Crippen LogP contribution in [0.3, 0.4) is 0 Å². The summed E-state index contributed by atoms with van der Waals surface area (Å²) in [6.07, 6.45) is 0. The van der Waals surface area contributed by atoms with Crippen molar-refractivity contribution in [1.82, 2.24) is 0 Å². The van der Waals surface area contributed by atoms with Crippen LogP contribution in [0.4, 0.5) is 0 Å². The second kappa shape index (κ2) is 4.33. The van der Waals surface area contributed by atoms with Crippen LogP contribution in [0.25, 0.3) is 0 Å². The zero-order valence-electron chi connectivity index (χ0n) is 5.63. The minimum Gasteiger partial charge on any atom is -0.420 e. The topological polar surface area (TPSA) is 58.9 Å². The highest BCUT2D eigenvalue weighted by atomic mass is 28.4.